The van der Waals surface area contributed by atoms with Gasteiger partial charge >= 0.3 is 0 Å². The molecule has 0 saturated carbocycles. The topological polar surface area (TPSA) is 54.5 Å². The molecular weight excluding hydrogens is 230 g/mol. The van der Waals surface area contributed by atoms with Crippen molar-refractivity contribution in [2.75, 3.05) is 0 Å². The fourth-order valence-electron chi connectivity index (χ4n) is 3.67. The number of aromatic nitrogens is 1. The van der Waals surface area contributed by atoms with Crippen molar-refractivity contribution in [3.63, 3.8) is 0 Å². The fourth-order valence-corrected chi connectivity index (χ4v) is 3.67. The van der Waals surface area contributed by atoms with Crippen molar-refractivity contribution in [1.82, 2.24) is 4.98 Å². The number of H-pyrrole nitrogens is 1. The molecule has 1 saturated heterocycles. The molecule has 0 amide bonds. The maximum Gasteiger partial charge on any atom is 0.163 e. The first kappa shape index (κ1) is 10.8. The molecule has 0 radical (unpaired) electrons. The third kappa shape index (κ3) is 1.20. The molecule has 1 aliphatic heterocycles. The summed E-state index contributed by atoms with van der Waals surface area (Å²) >= 11 is 0. The Balaban J connectivity index is 1.84. The molecule has 2 bridgehead atoms. The third-order valence-corrected chi connectivity index (χ3v) is 4.29. The van der Waals surface area contributed by atoms with Crippen molar-refractivity contribution in [2.45, 2.75) is 50.3 Å². The van der Waals surface area contributed by atoms with Crippen LogP contribution in [-0.2, 0) is 16.1 Å². The fraction of sp³-hybridized carbons (Fsp3) is 0.571. The van der Waals surface area contributed by atoms with Gasteiger partial charge in [-0.1, -0.05) is 12.2 Å². The van der Waals surface area contributed by atoms with Crippen molar-refractivity contribution in [2.24, 2.45) is 0 Å². The van der Waals surface area contributed by atoms with Gasteiger partial charge in [0, 0.05) is 23.7 Å². The second-order valence-corrected chi connectivity index (χ2v) is 5.80. The molecule has 4 atom stereocenters. The van der Waals surface area contributed by atoms with Gasteiger partial charge in [0.15, 0.2) is 5.79 Å². The number of aliphatic hydroxyl groups excluding tert-OH is 1. The molecule has 1 fully saturated rings. The average Bonchev–Trinajstić information content (AvgIpc) is 2.89. The van der Waals surface area contributed by atoms with E-state index in [0.29, 0.717) is 0 Å². The molecule has 2 heterocycles. The zero-order chi connectivity index (χ0) is 12.5. The monoisotopic (exact) mass is 247 g/mol. The molecule has 2 N–H and O–H groups in total. The van der Waals surface area contributed by atoms with Gasteiger partial charge in [-0.05, 0) is 25.0 Å². The molecular formula is C14H17NO3. The minimum Gasteiger partial charge on any atom is -0.390 e. The summed E-state index contributed by atoms with van der Waals surface area (Å²) in [5.41, 5.74) is 3.39. The van der Waals surface area contributed by atoms with Gasteiger partial charge in [-0.2, -0.15) is 0 Å². The summed E-state index contributed by atoms with van der Waals surface area (Å²) in [7, 11) is 0. The van der Waals surface area contributed by atoms with Crippen LogP contribution in [0.5, 0.6) is 0 Å². The maximum absolute atomic E-state index is 9.43. The van der Waals surface area contributed by atoms with Gasteiger partial charge in [0.1, 0.15) is 0 Å². The van der Waals surface area contributed by atoms with E-state index in [1.807, 2.05) is 20.0 Å². The standard InChI is InChI=1S/C14H17NO3/c1-14(2)17-12-7-3-4-8(13(12)18-14)11-9(7)5-15-10(11)6-16/h3-5,7-8,12-13,15-16H,6H2,1-2H3/t7-,8+,12-,13+/m0/s1. The van der Waals surface area contributed by atoms with E-state index in [0.717, 1.165) is 5.69 Å². The van der Waals surface area contributed by atoms with Gasteiger partial charge in [0.2, 0.25) is 0 Å². The Morgan fingerprint density at radius 3 is 2.61 bits per heavy atom. The smallest absolute Gasteiger partial charge is 0.163 e. The lowest BCUT2D eigenvalue weighted by Crippen LogP contribution is -2.41. The van der Waals surface area contributed by atoms with E-state index in [1.165, 1.54) is 11.1 Å². The number of aromatic amines is 1. The highest BCUT2D eigenvalue weighted by Crippen LogP contribution is 2.53. The van der Waals surface area contributed by atoms with Gasteiger partial charge in [-0.3, -0.25) is 0 Å². The van der Waals surface area contributed by atoms with Gasteiger partial charge in [-0.15, -0.1) is 0 Å². The van der Waals surface area contributed by atoms with E-state index in [9.17, 15) is 5.11 Å². The molecule has 4 heteroatoms. The summed E-state index contributed by atoms with van der Waals surface area (Å²) in [6, 6.07) is 0. The zero-order valence-electron chi connectivity index (χ0n) is 10.5. The van der Waals surface area contributed by atoms with Crippen molar-refractivity contribution in [3.8, 4) is 0 Å². The Morgan fingerprint density at radius 1 is 1.22 bits per heavy atom. The molecule has 3 aliphatic carbocycles. The van der Waals surface area contributed by atoms with Crippen LogP contribution in [0.4, 0.5) is 0 Å². The number of rotatable bonds is 1. The highest BCUT2D eigenvalue weighted by molar-refractivity contribution is 5.50. The summed E-state index contributed by atoms with van der Waals surface area (Å²) < 4.78 is 12.1. The molecule has 18 heavy (non-hydrogen) atoms. The van der Waals surface area contributed by atoms with Crippen molar-refractivity contribution < 1.29 is 14.6 Å². The first-order valence-electron chi connectivity index (χ1n) is 6.45. The molecule has 4 aliphatic rings. The van der Waals surface area contributed by atoms with Crippen molar-refractivity contribution in [3.05, 3.63) is 35.2 Å². The number of aliphatic hydroxyl groups is 1. The highest BCUT2D eigenvalue weighted by Gasteiger charge is 2.54. The first-order chi connectivity index (χ1) is 8.61. The van der Waals surface area contributed by atoms with Gasteiger partial charge in [0.25, 0.3) is 0 Å². The Morgan fingerprint density at radius 2 is 1.89 bits per heavy atom. The highest BCUT2D eigenvalue weighted by atomic mass is 16.8. The molecule has 1 aromatic heterocycles. The largest absolute Gasteiger partial charge is 0.390 e. The number of nitrogens with one attached hydrogen (secondary N) is 1. The van der Waals surface area contributed by atoms with E-state index in [4.69, 9.17) is 9.47 Å². The zero-order valence-corrected chi connectivity index (χ0v) is 10.5. The Kier molecular flexibility index (Phi) is 1.95. The molecule has 0 aromatic carbocycles. The minimum atomic E-state index is -0.510. The van der Waals surface area contributed by atoms with Crippen LogP contribution >= 0.6 is 0 Å². The maximum atomic E-state index is 9.43. The Bertz CT molecular complexity index is 531. The Hall–Kier alpha value is -1.10. The lowest BCUT2D eigenvalue weighted by atomic mass is 9.69. The van der Waals surface area contributed by atoms with Crippen LogP contribution in [0.25, 0.3) is 0 Å². The van der Waals surface area contributed by atoms with E-state index in [2.05, 4.69) is 17.1 Å². The molecule has 5 rings (SSSR count). The van der Waals surface area contributed by atoms with Gasteiger partial charge < -0.3 is 19.6 Å². The first-order valence-corrected chi connectivity index (χ1v) is 6.45. The number of ether oxygens (including phenoxy) is 2. The quantitative estimate of drug-likeness (QED) is 0.744. The average molecular weight is 247 g/mol. The van der Waals surface area contributed by atoms with Crippen LogP contribution in [0.1, 0.15) is 42.5 Å². The lowest BCUT2D eigenvalue weighted by molar-refractivity contribution is -0.146. The van der Waals surface area contributed by atoms with Crippen LogP contribution in [0, 0.1) is 0 Å². The second kappa shape index (κ2) is 3.26. The van der Waals surface area contributed by atoms with E-state index >= 15 is 0 Å². The van der Waals surface area contributed by atoms with E-state index in [-0.39, 0.29) is 30.7 Å². The molecule has 96 valence electrons. The number of hydrogen-bond acceptors (Lipinski definition) is 3. The van der Waals surface area contributed by atoms with Crippen molar-refractivity contribution >= 4 is 0 Å². The van der Waals surface area contributed by atoms with Gasteiger partial charge in [0.05, 0.1) is 18.8 Å². The molecule has 4 nitrogen and oxygen atoms in total. The normalized spacial score (nSPS) is 38.8. The Labute approximate surface area is 106 Å². The lowest BCUT2D eigenvalue weighted by Gasteiger charge is -2.39. The van der Waals surface area contributed by atoms with Crippen LogP contribution in [-0.4, -0.2) is 28.1 Å². The number of hydrogen-bond donors (Lipinski definition) is 2. The van der Waals surface area contributed by atoms with Crippen LogP contribution in [0.15, 0.2) is 18.3 Å². The summed E-state index contributed by atoms with van der Waals surface area (Å²) in [4.78, 5) is 3.18. The van der Waals surface area contributed by atoms with Crippen molar-refractivity contribution in [1.29, 1.82) is 0 Å². The summed E-state index contributed by atoms with van der Waals surface area (Å²) in [6.07, 6.45) is 6.60. The molecule has 0 unspecified atom stereocenters. The van der Waals surface area contributed by atoms with Crippen LogP contribution in [0.3, 0.4) is 0 Å². The summed E-state index contributed by atoms with van der Waals surface area (Å²) in [5, 5.41) is 9.43. The van der Waals surface area contributed by atoms with E-state index in [1.54, 1.807) is 0 Å². The minimum absolute atomic E-state index is 0.0496. The van der Waals surface area contributed by atoms with Crippen LogP contribution < -0.4 is 0 Å². The molecule has 0 spiro atoms. The van der Waals surface area contributed by atoms with E-state index < -0.39 is 5.79 Å². The van der Waals surface area contributed by atoms with Gasteiger partial charge in [-0.25, -0.2) is 0 Å². The second-order valence-electron chi connectivity index (χ2n) is 5.80. The predicted octanol–water partition coefficient (Wildman–Crippen LogP) is 1.78. The molecule has 1 aromatic rings. The summed E-state index contributed by atoms with van der Waals surface area (Å²) in [6.45, 7) is 3.98. The third-order valence-electron chi connectivity index (χ3n) is 4.29. The van der Waals surface area contributed by atoms with Crippen LogP contribution in [0.2, 0.25) is 0 Å². The SMILES string of the molecule is CC1(C)O[C@@H]2[C@H](O1)[C@@H]1C=C[C@H]2c2c[nH]c(CO)c21. The predicted molar refractivity (Wildman–Crippen MR) is 65.2 cm³/mol. The summed E-state index contributed by atoms with van der Waals surface area (Å²) in [5.74, 6) is -0.0665.